The molecule has 1 atom stereocenters. The quantitative estimate of drug-likeness (QED) is 0.625. The van der Waals surface area contributed by atoms with Crippen molar-refractivity contribution in [3.05, 3.63) is 70.3 Å². The van der Waals surface area contributed by atoms with Crippen LogP contribution in [-0.4, -0.2) is 0 Å². The Labute approximate surface area is 103 Å². The summed E-state index contributed by atoms with van der Waals surface area (Å²) in [4.78, 5) is 0. The molecule has 2 aromatic carbocycles. The van der Waals surface area contributed by atoms with Gasteiger partial charge in [0.15, 0.2) is 0 Å². The molecule has 3 rings (SSSR count). The summed E-state index contributed by atoms with van der Waals surface area (Å²) in [5.41, 5.74) is 7.46. The lowest BCUT2D eigenvalue weighted by molar-refractivity contribution is 0.911. The van der Waals surface area contributed by atoms with E-state index >= 15 is 0 Å². The topological polar surface area (TPSA) is 0 Å². The van der Waals surface area contributed by atoms with Gasteiger partial charge >= 0.3 is 0 Å². The summed E-state index contributed by atoms with van der Waals surface area (Å²) in [6.45, 7) is 4.52. The van der Waals surface area contributed by atoms with E-state index in [2.05, 4.69) is 56.3 Å². The number of hydrogen-bond acceptors (Lipinski definition) is 0. The minimum Gasteiger partial charge on any atom is -0.0620 e. The van der Waals surface area contributed by atoms with E-state index in [1.807, 2.05) is 0 Å². The van der Waals surface area contributed by atoms with E-state index in [0.29, 0.717) is 5.92 Å². The lowest BCUT2D eigenvalue weighted by atomic mass is 9.89. The Bertz CT molecular complexity index is 552. The first-order valence-corrected chi connectivity index (χ1v) is 6.43. The first kappa shape index (κ1) is 10.6. The number of fused-ring (bicyclic) bond motifs is 2. The molecule has 0 heterocycles. The Balaban J connectivity index is 2.16. The lowest BCUT2D eigenvalue weighted by Gasteiger charge is -2.15. The van der Waals surface area contributed by atoms with Crippen molar-refractivity contribution in [2.24, 2.45) is 0 Å². The van der Waals surface area contributed by atoms with Crippen LogP contribution in [0.2, 0.25) is 0 Å². The number of benzene rings is 2. The Kier molecular flexibility index (Phi) is 2.51. The molecule has 0 fully saturated rings. The maximum atomic E-state index is 2.36. The monoisotopic (exact) mass is 222 g/mol. The molecule has 0 amide bonds. The molecule has 0 bridgehead atoms. The van der Waals surface area contributed by atoms with Gasteiger partial charge in [-0.05, 0) is 42.0 Å². The molecule has 0 aromatic heterocycles. The van der Waals surface area contributed by atoms with Gasteiger partial charge in [0.2, 0.25) is 0 Å². The molecule has 86 valence electrons. The van der Waals surface area contributed by atoms with Crippen molar-refractivity contribution in [1.82, 2.24) is 0 Å². The molecule has 0 aliphatic heterocycles. The van der Waals surface area contributed by atoms with Gasteiger partial charge in [-0.3, -0.25) is 0 Å². The van der Waals surface area contributed by atoms with Gasteiger partial charge in [-0.1, -0.05) is 55.0 Å². The Morgan fingerprint density at radius 2 is 1.59 bits per heavy atom. The highest BCUT2D eigenvalue weighted by Gasteiger charge is 2.19. The van der Waals surface area contributed by atoms with Gasteiger partial charge in [0, 0.05) is 5.92 Å². The summed E-state index contributed by atoms with van der Waals surface area (Å²) >= 11 is 0. The van der Waals surface area contributed by atoms with Crippen LogP contribution in [0.1, 0.15) is 40.7 Å². The third kappa shape index (κ3) is 1.78. The van der Waals surface area contributed by atoms with Crippen LogP contribution >= 0.6 is 0 Å². The van der Waals surface area contributed by atoms with Gasteiger partial charge in [0.25, 0.3) is 0 Å². The molecule has 17 heavy (non-hydrogen) atoms. The number of rotatable bonds is 0. The Morgan fingerprint density at radius 1 is 0.882 bits per heavy atom. The number of hydrogen-bond donors (Lipinski definition) is 0. The molecular weight excluding hydrogens is 204 g/mol. The third-order valence-electron chi connectivity index (χ3n) is 3.95. The normalized spacial score (nSPS) is 18.1. The largest absolute Gasteiger partial charge is 0.0620 e. The van der Waals surface area contributed by atoms with Crippen molar-refractivity contribution in [2.75, 3.05) is 0 Å². The minimum atomic E-state index is 0.532. The second kappa shape index (κ2) is 4.03. The van der Waals surface area contributed by atoms with Gasteiger partial charge in [-0.2, -0.15) is 0 Å². The van der Waals surface area contributed by atoms with Crippen LogP contribution in [-0.2, 0) is 12.8 Å². The zero-order valence-electron chi connectivity index (χ0n) is 10.5. The van der Waals surface area contributed by atoms with Crippen molar-refractivity contribution in [3.63, 3.8) is 0 Å². The third-order valence-corrected chi connectivity index (χ3v) is 3.95. The molecule has 2 aromatic rings. The predicted octanol–water partition coefficient (Wildman–Crippen LogP) is 4.25. The number of aryl methyl sites for hydroxylation is 3. The Morgan fingerprint density at radius 3 is 2.47 bits per heavy atom. The molecule has 0 radical (unpaired) electrons. The summed E-state index contributed by atoms with van der Waals surface area (Å²) in [6, 6.07) is 15.8. The van der Waals surface area contributed by atoms with Crippen molar-refractivity contribution in [1.29, 1.82) is 0 Å². The zero-order chi connectivity index (χ0) is 11.8. The van der Waals surface area contributed by atoms with Crippen LogP contribution in [0.4, 0.5) is 0 Å². The summed E-state index contributed by atoms with van der Waals surface area (Å²) in [5.74, 6) is 0.532. The highest BCUT2D eigenvalue weighted by molar-refractivity contribution is 5.45. The van der Waals surface area contributed by atoms with Crippen LogP contribution in [0.5, 0.6) is 0 Å². The van der Waals surface area contributed by atoms with Gasteiger partial charge in [-0.15, -0.1) is 0 Å². The van der Waals surface area contributed by atoms with Crippen LogP contribution < -0.4 is 0 Å². The summed E-state index contributed by atoms with van der Waals surface area (Å²) in [7, 11) is 0. The summed E-state index contributed by atoms with van der Waals surface area (Å²) in [5, 5.41) is 0. The molecule has 0 nitrogen and oxygen atoms in total. The van der Waals surface area contributed by atoms with Crippen LogP contribution in [0.25, 0.3) is 0 Å². The van der Waals surface area contributed by atoms with E-state index in [4.69, 9.17) is 0 Å². The van der Waals surface area contributed by atoms with Gasteiger partial charge in [-0.25, -0.2) is 0 Å². The maximum Gasteiger partial charge on any atom is 0.00664 e. The Hall–Kier alpha value is -1.56. The SMILES string of the molecule is Cc1ccc2c(c1)CCc1ccccc1C2C. The first-order chi connectivity index (χ1) is 8.25. The summed E-state index contributed by atoms with van der Waals surface area (Å²) in [6.07, 6.45) is 2.36. The van der Waals surface area contributed by atoms with Crippen LogP contribution in [0.15, 0.2) is 42.5 Å². The molecule has 0 spiro atoms. The summed E-state index contributed by atoms with van der Waals surface area (Å²) < 4.78 is 0. The average Bonchev–Trinajstić information content (AvgIpc) is 2.48. The first-order valence-electron chi connectivity index (χ1n) is 6.43. The lowest BCUT2D eigenvalue weighted by Crippen LogP contribution is -1.99. The molecule has 0 saturated carbocycles. The molecular formula is C17H18. The molecule has 1 aliphatic rings. The molecule has 1 aliphatic carbocycles. The standard InChI is InChI=1S/C17H18/c1-12-7-10-17-13(2)16-6-4-3-5-14(16)8-9-15(17)11-12/h3-7,10-11,13H,8-9H2,1-2H3. The van der Waals surface area contributed by atoms with Crippen molar-refractivity contribution in [3.8, 4) is 0 Å². The molecule has 0 heteroatoms. The van der Waals surface area contributed by atoms with E-state index in [1.54, 1.807) is 0 Å². The maximum absolute atomic E-state index is 2.36. The fourth-order valence-electron chi connectivity index (χ4n) is 2.99. The fraction of sp³-hybridized carbons (Fsp3) is 0.294. The molecule has 0 N–H and O–H groups in total. The highest BCUT2D eigenvalue weighted by Crippen LogP contribution is 2.33. The second-order valence-electron chi connectivity index (χ2n) is 5.12. The highest BCUT2D eigenvalue weighted by atomic mass is 14.2. The van der Waals surface area contributed by atoms with Crippen LogP contribution in [0.3, 0.4) is 0 Å². The van der Waals surface area contributed by atoms with Crippen LogP contribution in [0, 0.1) is 6.92 Å². The van der Waals surface area contributed by atoms with E-state index in [0.717, 1.165) is 0 Å². The van der Waals surface area contributed by atoms with Gasteiger partial charge < -0.3 is 0 Å². The van der Waals surface area contributed by atoms with Crippen molar-refractivity contribution in [2.45, 2.75) is 32.6 Å². The van der Waals surface area contributed by atoms with E-state index in [9.17, 15) is 0 Å². The predicted molar refractivity (Wildman–Crippen MR) is 72.5 cm³/mol. The minimum absolute atomic E-state index is 0.532. The van der Waals surface area contributed by atoms with Crippen molar-refractivity contribution < 1.29 is 0 Å². The van der Waals surface area contributed by atoms with Gasteiger partial charge in [0.1, 0.15) is 0 Å². The smallest absolute Gasteiger partial charge is 0.00664 e. The average molecular weight is 222 g/mol. The van der Waals surface area contributed by atoms with Gasteiger partial charge in [0.05, 0.1) is 0 Å². The van der Waals surface area contributed by atoms with E-state index < -0.39 is 0 Å². The van der Waals surface area contributed by atoms with E-state index in [1.165, 1.54) is 40.7 Å². The fourth-order valence-corrected chi connectivity index (χ4v) is 2.99. The van der Waals surface area contributed by atoms with Crippen molar-refractivity contribution >= 4 is 0 Å². The molecule has 1 unspecified atom stereocenters. The second-order valence-corrected chi connectivity index (χ2v) is 5.12. The molecule has 0 saturated heterocycles. The zero-order valence-corrected chi connectivity index (χ0v) is 10.5. The van der Waals surface area contributed by atoms with E-state index in [-0.39, 0.29) is 0 Å².